The fraction of sp³-hybridized carbons (Fsp3) is 0.286. The molecule has 0 aliphatic heterocycles. The zero-order chi connectivity index (χ0) is 22.8. The van der Waals surface area contributed by atoms with Crippen LogP contribution >= 0.6 is 0 Å². The molecule has 0 fully saturated rings. The molecule has 0 aliphatic carbocycles. The summed E-state index contributed by atoms with van der Waals surface area (Å²) in [6.45, 7) is 7.63. The number of aromatic nitrogens is 1. The largest absolute Gasteiger partial charge is 0.446 e. The molecule has 0 unspecified atom stereocenters. The van der Waals surface area contributed by atoms with Crippen molar-refractivity contribution >= 4 is 27.1 Å². The Morgan fingerprint density at radius 3 is 2.39 bits per heavy atom. The summed E-state index contributed by atoms with van der Waals surface area (Å²) in [6.07, 6.45) is 0.509. The van der Waals surface area contributed by atoms with Crippen LogP contribution in [0.4, 0.5) is 17.1 Å². The van der Waals surface area contributed by atoms with Gasteiger partial charge in [0.05, 0.1) is 21.2 Å². The maximum absolute atomic E-state index is 12.8. The molecule has 2 aromatic carbocycles. The summed E-state index contributed by atoms with van der Waals surface area (Å²) in [7, 11) is -3.99. The Labute approximate surface area is 180 Å². The summed E-state index contributed by atoms with van der Waals surface area (Å²) in [6, 6.07) is 9.10. The topological polar surface area (TPSA) is 127 Å². The van der Waals surface area contributed by atoms with Gasteiger partial charge in [-0.05, 0) is 44.5 Å². The van der Waals surface area contributed by atoms with Crippen LogP contribution in [0.25, 0.3) is 0 Å². The van der Waals surface area contributed by atoms with Crippen molar-refractivity contribution in [1.29, 1.82) is 0 Å². The number of nitrogens with one attached hydrogen (secondary N) is 2. The zero-order valence-electron chi connectivity index (χ0n) is 17.7. The SMILES string of the molecule is Cc1ccc(NS(=O)(=O)c2ccc(NCCc3nc(C)oc3C)c([N+](=O)[O-])c2)c(C)c1. The molecule has 9 nitrogen and oxygen atoms in total. The van der Waals surface area contributed by atoms with Crippen LogP contribution in [0.3, 0.4) is 0 Å². The van der Waals surface area contributed by atoms with E-state index in [0.29, 0.717) is 30.3 Å². The van der Waals surface area contributed by atoms with Crippen LogP contribution < -0.4 is 10.0 Å². The number of hydrogen-bond donors (Lipinski definition) is 2. The molecule has 3 aromatic rings. The monoisotopic (exact) mass is 444 g/mol. The van der Waals surface area contributed by atoms with Gasteiger partial charge in [0.1, 0.15) is 11.4 Å². The van der Waals surface area contributed by atoms with Gasteiger partial charge in [-0.15, -0.1) is 0 Å². The van der Waals surface area contributed by atoms with Crippen molar-refractivity contribution in [3.8, 4) is 0 Å². The molecule has 164 valence electrons. The highest BCUT2D eigenvalue weighted by atomic mass is 32.2. The number of hydrogen-bond acceptors (Lipinski definition) is 7. The standard InChI is InChI=1S/C21H24N4O5S/c1-13-5-7-18(14(2)11-13)24-31(28,29)17-6-8-20(21(12-17)25(26)27)22-10-9-19-15(3)30-16(4)23-19/h5-8,11-12,22,24H,9-10H2,1-4H3. The number of anilines is 2. The van der Waals surface area contributed by atoms with Crippen molar-refractivity contribution in [2.45, 2.75) is 39.0 Å². The molecule has 1 heterocycles. The molecular formula is C21H24N4O5S. The molecule has 1 aromatic heterocycles. The van der Waals surface area contributed by atoms with E-state index in [1.807, 2.05) is 13.0 Å². The van der Waals surface area contributed by atoms with Gasteiger partial charge in [-0.25, -0.2) is 13.4 Å². The van der Waals surface area contributed by atoms with Crippen molar-refractivity contribution < 1.29 is 17.8 Å². The van der Waals surface area contributed by atoms with E-state index in [2.05, 4.69) is 15.0 Å². The van der Waals surface area contributed by atoms with Crippen LogP contribution in [-0.2, 0) is 16.4 Å². The third-order valence-corrected chi connectivity index (χ3v) is 6.14. The average molecular weight is 445 g/mol. The van der Waals surface area contributed by atoms with E-state index in [-0.39, 0.29) is 16.3 Å². The second-order valence-electron chi connectivity index (χ2n) is 7.27. The van der Waals surface area contributed by atoms with Gasteiger partial charge in [-0.3, -0.25) is 14.8 Å². The summed E-state index contributed by atoms with van der Waals surface area (Å²) in [5.41, 5.74) is 2.86. The number of oxazole rings is 1. The van der Waals surface area contributed by atoms with Crippen molar-refractivity contribution in [2.24, 2.45) is 0 Å². The number of aryl methyl sites for hydroxylation is 4. The Balaban J connectivity index is 1.80. The fourth-order valence-electron chi connectivity index (χ4n) is 3.23. The van der Waals surface area contributed by atoms with Crippen LogP contribution in [0.15, 0.2) is 45.7 Å². The fourth-order valence-corrected chi connectivity index (χ4v) is 4.38. The summed E-state index contributed by atoms with van der Waals surface area (Å²) in [5, 5.41) is 14.5. The van der Waals surface area contributed by atoms with Gasteiger partial charge in [0.2, 0.25) is 0 Å². The van der Waals surface area contributed by atoms with Gasteiger partial charge in [-0.1, -0.05) is 17.7 Å². The highest BCUT2D eigenvalue weighted by molar-refractivity contribution is 7.92. The first kappa shape index (κ1) is 22.3. The van der Waals surface area contributed by atoms with Crippen molar-refractivity contribution in [2.75, 3.05) is 16.6 Å². The Kier molecular flexibility index (Phi) is 6.30. The van der Waals surface area contributed by atoms with Crippen LogP contribution in [-0.4, -0.2) is 24.9 Å². The molecule has 2 N–H and O–H groups in total. The molecule has 3 rings (SSSR count). The molecule has 0 spiro atoms. The second kappa shape index (κ2) is 8.76. The lowest BCUT2D eigenvalue weighted by Gasteiger charge is -2.12. The van der Waals surface area contributed by atoms with E-state index >= 15 is 0 Å². The van der Waals surface area contributed by atoms with Crippen LogP contribution in [0, 0.1) is 37.8 Å². The number of sulfonamides is 1. The molecule has 0 atom stereocenters. The summed E-state index contributed by atoms with van der Waals surface area (Å²) < 4.78 is 33.5. The van der Waals surface area contributed by atoms with E-state index < -0.39 is 14.9 Å². The molecule has 0 radical (unpaired) electrons. The minimum absolute atomic E-state index is 0.187. The van der Waals surface area contributed by atoms with E-state index in [9.17, 15) is 18.5 Å². The summed E-state index contributed by atoms with van der Waals surface area (Å²) in [5.74, 6) is 1.26. The minimum Gasteiger partial charge on any atom is -0.446 e. The Morgan fingerprint density at radius 2 is 1.77 bits per heavy atom. The lowest BCUT2D eigenvalue weighted by molar-refractivity contribution is -0.384. The highest BCUT2D eigenvalue weighted by Crippen LogP contribution is 2.29. The molecule has 0 amide bonds. The van der Waals surface area contributed by atoms with E-state index in [4.69, 9.17) is 4.42 Å². The first-order valence-electron chi connectivity index (χ1n) is 9.62. The molecule has 31 heavy (non-hydrogen) atoms. The quantitative estimate of drug-likeness (QED) is 0.392. The molecule has 0 aliphatic rings. The van der Waals surface area contributed by atoms with Crippen LogP contribution in [0.2, 0.25) is 0 Å². The molecule has 0 saturated carbocycles. The molecular weight excluding hydrogens is 420 g/mol. The van der Waals surface area contributed by atoms with Gasteiger partial charge in [-0.2, -0.15) is 0 Å². The van der Waals surface area contributed by atoms with E-state index in [0.717, 1.165) is 22.9 Å². The van der Waals surface area contributed by atoms with Crippen molar-refractivity contribution in [3.63, 3.8) is 0 Å². The minimum atomic E-state index is -3.99. The second-order valence-corrected chi connectivity index (χ2v) is 8.95. The van der Waals surface area contributed by atoms with Crippen LogP contribution in [0.1, 0.15) is 28.5 Å². The third-order valence-electron chi connectivity index (χ3n) is 4.78. The predicted octanol–water partition coefficient (Wildman–Crippen LogP) is 4.27. The maximum atomic E-state index is 12.8. The first-order valence-corrected chi connectivity index (χ1v) is 11.1. The van der Waals surface area contributed by atoms with E-state index in [1.165, 1.54) is 12.1 Å². The third kappa shape index (κ3) is 5.21. The number of nitro groups is 1. The predicted molar refractivity (Wildman–Crippen MR) is 118 cm³/mol. The van der Waals surface area contributed by atoms with Crippen LogP contribution in [0.5, 0.6) is 0 Å². The van der Waals surface area contributed by atoms with Gasteiger partial charge >= 0.3 is 0 Å². The van der Waals surface area contributed by atoms with Crippen molar-refractivity contribution in [3.05, 3.63) is 75.0 Å². The summed E-state index contributed by atoms with van der Waals surface area (Å²) in [4.78, 5) is 15.0. The van der Waals surface area contributed by atoms with Gasteiger partial charge < -0.3 is 9.73 Å². The smallest absolute Gasteiger partial charge is 0.293 e. The first-order chi connectivity index (χ1) is 14.6. The Bertz CT molecular complexity index is 1230. The lowest BCUT2D eigenvalue weighted by atomic mass is 10.1. The van der Waals surface area contributed by atoms with Gasteiger partial charge in [0, 0.05) is 26.0 Å². The van der Waals surface area contributed by atoms with E-state index in [1.54, 1.807) is 32.9 Å². The average Bonchev–Trinajstić information content (AvgIpc) is 3.01. The number of nitro benzene ring substituents is 1. The number of nitrogens with zero attached hydrogens (tertiary/aromatic N) is 2. The Morgan fingerprint density at radius 1 is 1.06 bits per heavy atom. The molecule has 0 bridgehead atoms. The van der Waals surface area contributed by atoms with Crippen molar-refractivity contribution in [1.82, 2.24) is 4.98 Å². The maximum Gasteiger partial charge on any atom is 0.293 e. The number of benzene rings is 2. The summed E-state index contributed by atoms with van der Waals surface area (Å²) >= 11 is 0. The lowest BCUT2D eigenvalue weighted by Crippen LogP contribution is -2.15. The van der Waals surface area contributed by atoms with Gasteiger partial charge in [0.25, 0.3) is 15.7 Å². The normalized spacial score (nSPS) is 11.4. The number of rotatable bonds is 8. The molecule has 10 heteroatoms. The van der Waals surface area contributed by atoms with Gasteiger partial charge in [0.15, 0.2) is 5.89 Å². The molecule has 0 saturated heterocycles. The Hall–Kier alpha value is -3.40. The zero-order valence-corrected chi connectivity index (χ0v) is 18.5. The highest BCUT2D eigenvalue weighted by Gasteiger charge is 2.22.